The highest BCUT2D eigenvalue weighted by Crippen LogP contribution is 2.01. The van der Waals surface area contributed by atoms with Gasteiger partial charge < -0.3 is 0 Å². The summed E-state index contributed by atoms with van der Waals surface area (Å²) in [5.41, 5.74) is 1.24. The highest BCUT2D eigenvalue weighted by Gasteiger charge is 1.89. The van der Waals surface area contributed by atoms with Crippen molar-refractivity contribution in [2.24, 2.45) is 4.99 Å². The second kappa shape index (κ2) is 14.6. The lowest BCUT2D eigenvalue weighted by Gasteiger charge is -1.89. The zero-order valence-corrected chi connectivity index (χ0v) is 10.6. The van der Waals surface area contributed by atoms with E-state index in [0.717, 1.165) is 0 Å². The molecule has 0 saturated heterocycles. The molecule has 0 bridgehead atoms. The molecule has 2 heteroatoms. The third-order valence-corrected chi connectivity index (χ3v) is 0.876. The largest absolute Gasteiger partial charge is 0.259 e. The van der Waals surface area contributed by atoms with Gasteiger partial charge in [-0.1, -0.05) is 34.3 Å². The van der Waals surface area contributed by atoms with Crippen molar-refractivity contribution in [1.82, 2.24) is 0 Å². The summed E-state index contributed by atoms with van der Waals surface area (Å²) in [5.74, 6) is -0.289. The number of allylic oxidation sites excluding steroid dienone is 3. The molecule has 0 fully saturated rings. The van der Waals surface area contributed by atoms with Crippen molar-refractivity contribution < 1.29 is 4.39 Å². The first kappa shape index (κ1) is 18.8. The van der Waals surface area contributed by atoms with Crippen molar-refractivity contribution in [1.29, 1.82) is 0 Å². The smallest absolute Gasteiger partial charge is 0.140 e. The minimum Gasteiger partial charge on any atom is -0.259 e. The Kier molecular flexibility index (Phi) is 19.6. The molecule has 0 aromatic heterocycles. The number of hydrogen-bond donors (Lipinski definition) is 0. The zero-order valence-electron chi connectivity index (χ0n) is 10.6. The van der Waals surface area contributed by atoms with Crippen molar-refractivity contribution >= 4 is 6.21 Å². The molecule has 0 amide bonds. The van der Waals surface area contributed by atoms with Gasteiger partial charge in [-0.25, -0.2) is 4.39 Å². The summed E-state index contributed by atoms with van der Waals surface area (Å²) in [6, 6.07) is 0. The van der Waals surface area contributed by atoms with Gasteiger partial charge in [-0.05, 0) is 26.3 Å². The van der Waals surface area contributed by atoms with E-state index in [-0.39, 0.29) is 5.83 Å². The fourth-order valence-corrected chi connectivity index (χ4v) is 0.296. The molecule has 0 N–H and O–H groups in total. The zero-order chi connectivity index (χ0) is 12.1. The molecule has 84 valence electrons. The van der Waals surface area contributed by atoms with Crippen molar-refractivity contribution in [2.45, 2.75) is 48.5 Å². The van der Waals surface area contributed by atoms with E-state index in [9.17, 15) is 4.39 Å². The first-order valence-corrected chi connectivity index (χ1v) is 5.06. The van der Waals surface area contributed by atoms with E-state index in [1.807, 2.05) is 27.7 Å². The van der Waals surface area contributed by atoms with Crippen LogP contribution in [0.5, 0.6) is 0 Å². The fourth-order valence-electron chi connectivity index (χ4n) is 0.296. The van der Waals surface area contributed by atoms with Crippen molar-refractivity contribution in [3.63, 3.8) is 0 Å². The lowest BCUT2D eigenvalue weighted by atomic mass is 10.3. The molecule has 0 heterocycles. The first-order chi connectivity index (χ1) is 6.54. The van der Waals surface area contributed by atoms with Crippen LogP contribution in [-0.4, -0.2) is 6.21 Å². The molecule has 0 aromatic carbocycles. The third kappa shape index (κ3) is 17.2. The Morgan fingerprint density at radius 2 is 1.43 bits per heavy atom. The van der Waals surface area contributed by atoms with Crippen LogP contribution >= 0.6 is 0 Å². The molecule has 0 aromatic rings. The molecular formula is C12H24FN. The number of aliphatic imine (C=N–C) groups is 1. The molecular weight excluding hydrogens is 177 g/mol. The Balaban J connectivity index is -0.000000266. The maximum absolute atomic E-state index is 12.6. The molecule has 0 saturated carbocycles. The van der Waals surface area contributed by atoms with Crippen LogP contribution < -0.4 is 0 Å². The van der Waals surface area contributed by atoms with Crippen molar-refractivity contribution in [2.75, 3.05) is 0 Å². The van der Waals surface area contributed by atoms with E-state index in [0.29, 0.717) is 11.3 Å². The molecule has 0 aliphatic rings. The number of rotatable bonds is 2. The minimum absolute atomic E-state index is 0.289. The maximum Gasteiger partial charge on any atom is 0.140 e. The van der Waals surface area contributed by atoms with Gasteiger partial charge >= 0.3 is 0 Å². The van der Waals surface area contributed by atoms with Gasteiger partial charge in [-0.15, -0.1) is 0 Å². The number of hydrogen-bond acceptors (Lipinski definition) is 1. The summed E-state index contributed by atoms with van der Waals surface area (Å²) in [5, 5.41) is 0. The molecule has 0 aliphatic heterocycles. The quantitative estimate of drug-likeness (QED) is 0.563. The Morgan fingerprint density at radius 3 is 1.64 bits per heavy atom. The maximum atomic E-state index is 12.6. The molecule has 14 heavy (non-hydrogen) atoms. The predicted octanol–water partition coefficient (Wildman–Crippen LogP) is 4.91. The predicted molar refractivity (Wildman–Crippen MR) is 65.5 cm³/mol. The Bertz CT molecular complexity index is 186. The third-order valence-electron chi connectivity index (χ3n) is 0.876. The van der Waals surface area contributed by atoms with Crippen LogP contribution in [0.1, 0.15) is 48.5 Å². The molecule has 0 aliphatic carbocycles. The SMILES string of the molecule is C=C(C)N=CC(F)=C(C)C.CC.CC. The second-order valence-corrected chi connectivity index (χ2v) is 2.34. The van der Waals surface area contributed by atoms with E-state index < -0.39 is 0 Å². The van der Waals surface area contributed by atoms with Crippen LogP contribution in [0.25, 0.3) is 0 Å². The van der Waals surface area contributed by atoms with Crippen LogP contribution in [0.15, 0.2) is 28.7 Å². The summed E-state index contributed by atoms with van der Waals surface area (Å²) >= 11 is 0. The summed E-state index contributed by atoms with van der Waals surface area (Å²) in [4.78, 5) is 3.69. The van der Waals surface area contributed by atoms with Gasteiger partial charge in [0.15, 0.2) is 0 Å². The normalized spacial score (nSPS) is 8.00. The Morgan fingerprint density at radius 1 is 1.07 bits per heavy atom. The van der Waals surface area contributed by atoms with Gasteiger partial charge in [0.25, 0.3) is 0 Å². The average molecular weight is 201 g/mol. The molecule has 0 rings (SSSR count). The first-order valence-electron chi connectivity index (χ1n) is 5.06. The van der Waals surface area contributed by atoms with Gasteiger partial charge in [-0.3, -0.25) is 4.99 Å². The summed E-state index contributed by atoms with van der Waals surface area (Å²) < 4.78 is 12.6. The molecule has 0 unspecified atom stereocenters. The molecule has 0 radical (unpaired) electrons. The van der Waals surface area contributed by atoms with Crippen molar-refractivity contribution in [3.8, 4) is 0 Å². The van der Waals surface area contributed by atoms with E-state index >= 15 is 0 Å². The van der Waals surface area contributed by atoms with Crippen LogP contribution in [0.3, 0.4) is 0 Å². The van der Waals surface area contributed by atoms with Crippen LogP contribution in [-0.2, 0) is 0 Å². The number of halogens is 1. The van der Waals surface area contributed by atoms with Crippen LogP contribution in [0, 0.1) is 0 Å². The Hall–Kier alpha value is -0.920. The van der Waals surface area contributed by atoms with E-state index in [1.165, 1.54) is 6.21 Å². The lowest BCUT2D eigenvalue weighted by molar-refractivity contribution is 0.673. The van der Waals surface area contributed by atoms with Crippen LogP contribution in [0.2, 0.25) is 0 Å². The summed E-state index contributed by atoms with van der Waals surface area (Å²) in [6.45, 7) is 16.6. The summed E-state index contributed by atoms with van der Waals surface area (Å²) in [6.07, 6.45) is 1.18. The molecule has 0 spiro atoms. The van der Waals surface area contributed by atoms with E-state index in [1.54, 1.807) is 20.8 Å². The standard InChI is InChI=1S/C8H12FN.2C2H6/c1-6(2)8(9)5-10-7(3)4;2*1-2/h5H,3H2,1-2,4H3;2*1-2H3. The number of nitrogens with zero attached hydrogens (tertiary/aromatic N) is 1. The highest BCUT2D eigenvalue weighted by molar-refractivity contribution is 5.77. The highest BCUT2D eigenvalue weighted by atomic mass is 19.1. The van der Waals surface area contributed by atoms with Crippen molar-refractivity contribution in [3.05, 3.63) is 23.7 Å². The van der Waals surface area contributed by atoms with Gasteiger partial charge in [-0.2, -0.15) is 0 Å². The molecule has 0 atom stereocenters. The van der Waals surface area contributed by atoms with Gasteiger partial charge in [0.2, 0.25) is 0 Å². The minimum atomic E-state index is -0.289. The van der Waals surface area contributed by atoms with Gasteiger partial charge in [0.1, 0.15) is 5.83 Å². The van der Waals surface area contributed by atoms with E-state index in [2.05, 4.69) is 11.6 Å². The topological polar surface area (TPSA) is 12.4 Å². The average Bonchev–Trinajstić information content (AvgIpc) is 2.20. The molecule has 1 nitrogen and oxygen atoms in total. The van der Waals surface area contributed by atoms with Gasteiger partial charge in [0.05, 0.1) is 6.21 Å². The summed E-state index contributed by atoms with van der Waals surface area (Å²) in [7, 11) is 0. The van der Waals surface area contributed by atoms with Crippen LogP contribution in [0.4, 0.5) is 4.39 Å². The Labute approximate surface area is 88.4 Å². The van der Waals surface area contributed by atoms with E-state index in [4.69, 9.17) is 0 Å². The van der Waals surface area contributed by atoms with Gasteiger partial charge in [0, 0.05) is 5.70 Å². The monoisotopic (exact) mass is 201 g/mol. The lowest BCUT2D eigenvalue weighted by Crippen LogP contribution is -1.79. The fraction of sp³-hybridized carbons (Fsp3) is 0.583. The second-order valence-electron chi connectivity index (χ2n) is 2.34.